The second kappa shape index (κ2) is 18.1. The maximum atomic E-state index is 10.8. The maximum absolute atomic E-state index is 10.8. The summed E-state index contributed by atoms with van der Waals surface area (Å²) < 4.78 is 30.4. The summed E-state index contributed by atoms with van der Waals surface area (Å²) in [4.78, 5) is 0.127. The van der Waals surface area contributed by atoms with Crippen LogP contribution in [0, 0.1) is 5.92 Å². The lowest BCUT2D eigenvalue weighted by atomic mass is 9.99. The standard InChI is InChI=1S/C8H12O3S.3C2H6.C2H4/c1-6-3-4-7(2)8(5-6)12(9,10)11;4*1-2/h3,5,7H,4H2,1-2H3,(H,9,10,11);3*1-2H3;1-2H2. The van der Waals surface area contributed by atoms with Gasteiger partial charge in [-0.3, -0.25) is 4.55 Å². The molecule has 0 aromatic heterocycles. The predicted octanol–water partition coefficient (Wildman–Crippen LogP) is 5.63. The molecule has 0 amide bonds. The molecule has 0 fully saturated rings. The van der Waals surface area contributed by atoms with Gasteiger partial charge in [0, 0.05) is 0 Å². The van der Waals surface area contributed by atoms with Gasteiger partial charge in [-0.05, 0) is 25.3 Å². The van der Waals surface area contributed by atoms with E-state index in [9.17, 15) is 8.42 Å². The zero-order chi connectivity index (χ0) is 17.4. The molecule has 0 spiro atoms. The number of rotatable bonds is 1. The molecule has 0 bridgehead atoms. The summed E-state index contributed by atoms with van der Waals surface area (Å²) in [6.07, 6.45) is 4.15. The lowest BCUT2D eigenvalue weighted by molar-refractivity contribution is 0.482. The summed E-state index contributed by atoms with van der Waals surface area (Å²) in [5.74, 6) is -0.108. The Morgan fingerprint density at radius 2 is 1.45 bits per heavy atom. The third-order valence-corrected chi connectivity index (χ3v) is 3.06. The molecular formula is C16H34O3S. The third-order valence-electron chi connectivity index (χ3n) is 1.95. The molecule has 0 heterocycles. The molecule has 1 aliphatic carbocycles. The van der Waals surface area contributed by atoms with Crippen LogP contribution in [0.1, 0.15) is 61.8 Å². The Bertz CT molecular complexity index is 352. The summed E-state index contributed by atoms with van der Waals surface area (Å²) in [5, 5.41) is 0. The van der Waals surface area contributed by atoms with Crippen LogP contribution in [0.25, 0.3) is 0 Å². The SMILES string of the molecule is C=C.CC.CC.CC.CC1=CCC(C)C(S(=O)(=O)O)=C1. The summed E-state index contributed by atoms with van der Waals surface area (Å²) in [6, 6.07) is 0. The van der Waals surface area contributed by atoms with E-state index in [0.29, 0.717) is 6.42 Å². The molecule has 1 N–H and O–H groups in total. The van der Waals surface area contributed by atoms with Gasteiger partial charge in [-0.15, -0.1) is 13.2 Å². The Morgan fingerprint density at radius 1 is 1.10 bits per heavy atom. The molecule has 0 saturated heterocycles. The molecule has 1 unspecified atom stereocenters. The Kier molecular flexibility index (Phi) is 24.9. The number of hydrogen-bond acceptors (Lipinski definition) is 2. The third kappa shape index (κ3) is 13.6. The van der Waals surface area contributed by atoms with Crippen LogP contribution in [0.4, 0.5) is 0 Å². The first-order valence-corrected chi connectivity index (χ1v) is 8.71. The van der Waals surface area contributed by atoms with Crippen LogP contribution in [0.5, 0.6) is 0 Å². The average Bonchev–Trinajstić information content (AvgIpc) is 2.49. The van der Waals surface area contributed by atoms with Crippen molar-refractivity contribution in [1.29, 1.82) is 0 Å². The first-order valence-electron chi connectivity index (χ1n) is 7.27. The molecule has 122 valence electrons. The van der Waals surface area contributed by atoms with Crippen molar-refractivity contribution < 1.29 is 13.0 Å². The second-order valence-corrected chi connectivity index (χ2v) is 4.53. The van der Waals surface area contributed by atoms with E-state index < -0.39 is 10.1 Å². The molecule has 1 rings (SSSR count). The van der Waals surface area contributed by atoms with Gasteiger partial charge in [-0.25, -0.2) is 0 Å². The molecular weight excluding hydrogens is 272 g/mol. The van der Waals surface area contributed by atoms with Crippen LogP contribution in [-0.2, 0) is 10.1 Å². The lowest BCUT2D eigenvalue weighted by Crippen LogP contribution is -2.12. The number of allylic oxidation sites excluding steroid dienone is 4. The molecule has 0 aromatic rings. The summed E-state index contributed by atoms with van der Waals surface area (Å²) in [5.41, 5.74) is 0.890. The van der Waals surface area contributed by atoms with Crippen molar-refractivity contribution in [3.05, 3.63) is 35.8 Å². The summed E-state index contributed by atoms with van der Waals surface area (Å²) in [6.45, 7) is 21.6. The van der Waals surface area contributed by atoms with Crippen LogP contribution in [0.15, 0.2) is 35.8 Å². The fourth-order valence-corrected chi connectivity index (χ4v) is 2.17. The van der Waals surface area contributed by atoms with Gasteiger partial charge in [-0.2, -0.15) is 8.42 Å². The van der Waals surface area contributed by atoms with Gasteiger partial charge in [0.05, 0.1) is 4.91 Å². The van der Waals surface area contributed by atoms with Crippen LogP contribution in [-0.4, -0.2) is 13.0 Å². The van der Waals surface area contributed by atoms with E-state index in [4.69, 9.17) is 4.55 Å². The molecule has 20 heavy (non-hydrogen) atoms. The van der Waals surface area contributed by atoms with Crippen molar-refractivity contribution in [2.45, 2.75) is 61.8 Å². The predicted molar refractivity (Wildman–Crippen MR) is 92.5 cm³/mol. The highest BCUT2D eigenvalue weighted by Gasteiger charge is 2.22. The minimum Gasteiger partial charge on any atom is -0.282 e. The fourth-order valence-electron chi connectivity index (χ4n) is 1.23. The highest BCUT2D eigenvalue weighted by atomic mass is 32.2. The molecule has 1 atom stereocenters. The van der Waals surface area contributed by atoms with Gasteiger partial charge in [0.2, 0.25) is 0 Å². The fraction of sp³-hybridized carbons (Fsp3) is 0.625. The zero-order valence-electron chi connectivity index (χ0n) is 14.5. The molecule has 0 aliphatic heterocycles. The second-order valence-electron chi connectivity index (χ2n) is 3.11. The van der Waals surface area contributed by atoms with Gasteiger partial charge in [-0.1, -0.05) is 60.1 Å². The molecule has 1 aliphatic rings. The number of hydrogen-bond donors (Lipinski definition) is 1. The molecule has 0 aromatic carbocycles. The molecule has 0 saturated carbocycles. The average molecular weight is 307 g/mol. The highest BCUT2D eigenvalue weighted by Crippen LogP contribution is 2.26. The Labute approximate surface area is 127 Å². The monoisotopic (exact) mass is 306 g/mol. The molecule has 4 heteroatoms. The van der Waals surface area contributed by atoms with Gasteiger partial charge < -0.3 is 0 Å². The topological polar surface area (TPSA) is 54.4 Å². The zero-order valence-corrected chi connectivity index (χ0v) is 15.3. The van der Waals surface area contributed by atoms with E-state index in [1.165, 1.54) is 6.08 Å². The Morgan fingerprint density at radius 3 is 1.70 bits per heavy atom. The van der Waals surface area contributed by atoms with Gasteiger partial charge in [0.1, 0.15) is 0 Å². The van der Waals surface area contributed by atoms with E-state index >= 15 is 0 Å². The van der Waals surface area contributed by atoms with Crippen LogP contribution in [0.2, 0.25) is 0 Å². The van der Waals surface area contributed by atoms with Crippen molar-refractivity contribution in [2.24, 2.45) is 5.92 Å². The van der Waals surface area contributed by atoms with E-state index in [0.717, 1.165) is 5.57 Å². The van der Waals surface area contributed by atoms with E-state index in [1.54, 1.807) is 6.92 Å². The van der Waals surface area contributed by atoms with Crippen molar-refractivity contribution >= 4 is 10.1 Å². The van der Waals surface area contributed by atoms with E-state index in [2.05, 4.69) is 13.2 Å². The molecule has 0 radical (unpaired) electrons. The van der Waals surface area contributed by atoms with E-state index in [1.807, 2.05) is 54.5 Å². The summed E-state index contributed by atoms with van der Waals surface area (Å²) >= 11 is 0. The van der Waals surface area contributed by atoms with Crippen LogP contribution in [0.3, 0.4) is 0 Å². The van der Waals surface area contributed by atoms with Gasteiger partial charge >= 0.3 is 0 Å². The first-order chi connectivity index (χ1) is 9.41. The Hall–Kier alpha value is -0.870. The van der Waals surface area contributed by atoms with Crippen molar-refractivity contribution in [2.75, 3.05) is 0 Å². The first kappa shape index (κ1) is 27.5. The van der Waals surface area contributed by atoms with Crippen LogP contribution < -0.4 is 0 Å². The van der Waals surface area contributed by atoms with Gasteiger partial charge in [0.15, 0.2) is 0 Å². The van der Waals surface area contributed by atoms with Crippen molar-refractivity contribution in [3.8, 4) is 0 Å². The maximum Gasteiger partial charge on any atom is 0.290 e. The summed E-state index contributed by atoms with van der Waals surface area (Å²) in [7, 11) is -3.99. The van der Waals surface area contributed by atoms with E-state index in [-0.39, 0.29) is 10.8 Å². The molecule has 3 nitrogen and oxygen atoms in total. The van der Waals surface area contributed by atoms with Crippen LogP contribution >= 0.6 is 0 Å². The van der Waals surface area contributed by atoms with Crippen molar-refractivity contribution in [1.82, 2.24) is 0 Å². The minimum atomic E-state index is -3.99. The smallest absolute Gasteiger partial charge is 0.282 e. The largest absolute Gasteiger partial charge is 0.290 e. The lowest BCUT2D eigenvalue weighted by Gasteiger charge is -2.15. The normalized spacial score (nSPS) is 15.9. The highest BCUT2D eigenvalue weighted by molar-refractivity contribution is 7.89. The minimum absolute atomic E-state index is 0.108. The Balaban J connectivity index is -0.000000138. The van der Waals surface area contributed by atoms with Gasteiger partial charge in [0.25, 0.3) is 10.1 Å². The van der Waals surface area contributed by atoms with Crippen molar-refractivity contribution in [3.63, 3.8) is 0 Å². The quantitative estimate of drug-likeness (QED) is 0.505.